The van der Waals surface area contributed by atoms with Crippen molar-refractivity contribution in [3.05, 3.63) is 89.9 Å². The Balaban J connectivity index is 1.30. The highest BCUT2D eigenvalue weighted by Gasteiger charge is 2.25. The van der Waals surface area contributed by atoms with Crippen molar-refractivity contribution >= 4 is 11.8 Å². The lowest BCUT2D eigenvalue weighted by Crippen LogP contribution is -2.50. The number of rotatable bonds is 5. The van der Waals surface area contributed by atoms with Crippen molar-refractivity contribution in [2.24, 2.45) is 0 Å². The van der Waals surface area contributed by atoms with Crippen LogP contribution in [0.3, 0.4) is 0 Å². The number of benzene rings is 2. The molecule has 148 valence electrons. The maximum absolute atomic E-state index is 12.8. The van der Waals surface area contributed by atoms with E-state index in [1.54, 1.807) is 15.9 Å². The van der Waals surface area contributed by atoms with Crippen LogP contribution >= 0.6 is 0 Å². The van der Waals surface area contributed by atoms with Crippen molar-refractivity contribution < 1.29 is 18.7 Å². The monoisotopic (exact) mass is 390 g/mol. The molecule has 2 amide bonds. The van der Waals surface area contributed by atoms with E-state index in [1.807, 2.05) is 54.6 Å². The van der Waals surface area contributed by atoms with Crippen molar-refractivity contribution in [3.8, 4) is 5.75 Å². The van der Waals surface area contributed by atoms with E-state index in [4.69, 9.17) is 9.15 Å². The van der Waals surface area contributed by atoms with E-state index < -0.39 is 0 Å². The van der Waals surface area contributed by atoms with Crippen molar-refractivity contribution in [1.29, 1.82) is 0 Å². The first kappa shape index (κ1) is 18.8. The Morgan fingerprint density at radius 3 is 2.00 bits per heavy atom. The third-order valence-electron chi connectivity index (χ3n) is 4.97. The molecule has 1 fully saturated rings. The largest absolute Gasteiger partial charge is 0.489 e. The molecule has 1 aliphatic heterocycles. The summed E-state index contributed by atoms with van der Waals surface area (Å²) in [5.41, 5.74) is 2.18. The van der Waals surface area contributed by atoms with Crippen molar-refractivity contribution in [1.82, 2.24) is 9.80 Å². The Kier molecular flexibility index (Phi) is 5.61. The molecule has 1 aromatic heterocycles. The van der Waals surface area contributed by atoms with Crippen LogP contribution in [0.5, 0.6) is 5.75 Å². The number of furan rings is 1. The molecule has 3 aromatic rings. The average Bonchev–Trinajstić information content (AvgIpc) is 3.33. The summed E-state index contributed by atoms with van der Waals surface area (Å²) in [6.07, 6.45) is 2.94. The van der Waals surface area contributed by atoms with Crippen molar-refractivity contribution in [2.75, 3.05) is 26.2 Å². The summed E-state index contributed by atoms with van der Waals surface area (Å²) in [5, 5.41) is 0. The minimum absolute atomic E-state index is 0.0177. The predicted molar refractivity (Wildman–Crippen MR) is 108 cm³/mol. The molecule has 0 unspecified atom stereocenters. The summed E-state index contributed by atoms with van der Waals surface area (Å²) in [6, 6.07) is 18.8. The molecule has 1 aliphatic rings. The number of amides is 2. The first-order valence-corrected chi connectivity index (χ1v) is 9.58. The van der Waals surface area contributed by atoms with Crippen LogP contribution in [0, 0.1) is 0 Å². The second kappa shape index (κ2) is 8.65. The van der Waals surface area contributed by atoms with Gasteiger partial charge in [0.25, 0.3) is 11.8 Å². The molecule has 0 bridgehead atoms. The number of hydrogen-bond donors (Lipinski definition) is 0. The fourth-order valence-electron chi connectivity index (χ4n) is 3.29. The minimum atomic E-state index is -0.0615. The summed E-state index contributed by atoms with van der Waals surface area (Å²) >= 11 is 0. The maximum atomic E-state index is 12.8. The zero-order valence-corrected chi connectivity index (χ0v) is 16.0. The Morgan fingerprint density at radius 1 is 0.793 bits per heavy atom. The topological polar surface area (TPSA) is 63.0 Å². The molecule has 6 nitrogen and oxygen atoms in total. The molecule has 2 heterocycles. The number of piperazine rings is 1. The summed E-state index contributed by atoms with van der Waals surface area (Å²) < 4.78 is 10.7. The van der Waals surface area contributed by atoms with Gasteiger partial charge in [-0.15, -0.1) is 0 Å². The number of carbonyl (C=O) groups excluding carboxylic acids is 2. The van der Waals surface area contributed by atoms with Gasteiger partial charge in [-0.05, 0) is 35.9 Å². The SMILES string of the molecule is O=C(c1ccc(COc2ccccc2)cc1)N1CCN(C(=O)c2ccoc2)CC1. The second-order valence-electron chi connectivity index (χ2n) is 6.90. The molecule has 0 atom stereocenters. The number of ether oxygens (including phenoxy) is 1. The van der Waals surface area contributed by atoms with Gasteiger partial charge in [-0.1, -0.05) is 30.3 Å². The van der Waals surface area contributed by atoms with E-state index in [0.717, 1.165) is 11.3 Å². The zero-order chi connectivity index (χ0) is 20.1. The van der Waals surface area contributed by atoms with Gasteiger partial charge in [0.15, 0.2) is 0 Å². The zero-order valence-electron chi connectivity index (χ0n) is 16.0. The number of hydrogen-bond acceptors (Lipinski definition) is 4. The Bertz CT molecular complexity index is 944. The molecule has 0 radical (unpaired) electrons. The van der Waals surface area contributed by atoms with Crippen LogP contribution in [0.25, 0.3) is 0 Å². The van der Waals surface area contributed by atoms with Gasteiger partial charge in [0.2, 0.25) is 0 Å². The van der Waals surface area contributed by atoms with Gasteiger partial charge >= 0.3 is 0 Å². The number of carbonyl (C=O) groups is 2. The molecule has 0 saturated carbocycles. The van der Waals surface area contributed by atoms with Crippen LogP contribution < -0.4 is 4.74 Å². The summed E-state index contributed by atoms with van der Waals surface area (Å²) in [5.74, 6) is 0.736. The van der Waals surface area contributed by atoms with E-state index in [0.29, 0.717) is 43.9 Å². The van der Waals surface area contributed by atoms with Gasteiger partial charge < -0.3 is 19.0 Å². The highest BCUT2D eigenvalue weighted by molar-refractivity contribution is 5.95. The molecule has 1 saturated heterocycles. The lowest BCUT2D eigenvalue weighted by Gasteiger charge is -2.34. The Labute approximate surface area is 169 Å². The fourth-order valence-corrected chi connectivity index (χ4v) is 3.29. The highest BCUT2D eigenvalue weighted by atomic mass is 16.5. The quantitative estimate of drug-likeness (QED) is 0.669. The molecule has 0 spiro atoms. The van der Waals surface area contributed by atoms with E-state index in [-0.39, 0.29) is 11.8 Å². The number of nitrogens with zero attached hydrogens (tertiary/aromatic N) is 2. The lowest BCUT2D eigenvalue weighted by molar-refractivity contribution is 0.0535. The van der Waals surface area contributed by atoms with E-state index in [2.05, 4.69) is 0 Å². The number of para-hydroxylation sites is 1. The first-order chi connectivity index (χ1) is 14.2. The molecule has 29 heavy (non-hydrogen) atoms. The third-order valence-corrected chi connectivity index (χ3v) is 4.97. The molecular weight excluding hydrogens is 368 g/mol. The Hall–Kier alpha value is -3.54. The van der Waals surface area contributed by atoms with E-state index in [9.17, 15) is 9.59 Å². The van der Waals surface area contributed by atoms with Gasteiger partial charge in [0, 0.05) is 31.7 Å². The highest BCUT2D eigenvalue weighted by Crippen LogP contribution is 2.15. The fraction of sp³-hybridized carbons (Fsp3) is 0.217. The molecule has 6 heteroatoms. The van der Waals surface area contributed by atoms with E-state index >= 15 is 0 Å². The van der Waals surface area contributed by atoms with Gasteiger partial charge in [0.05, 0.1) is 11.8 Å². The summed E-state index contributed by atoms with van der Waals surface area (Å²) in [4.78, 5) is 28.7. The first-order valence-electron chi connectivity index (χ1n) is 9.58. The van der Waals surface area contributed by atoms with Gasteiger partial charge in [0.1, 0.15) is 18.6 Å². The predicted octanol–water partition coefficient (Wildman–Crippen LogP) is 3.46. The third kappa shape index (κ3) is 4.48. The summed E-state index contributed by atoms with van der Waals surface area (Å²) in [7, 11) is 0. The molecule has 0 N–H and O–H groups in total. The van der Waals surface area contributed by atoms with Gasteiger partial charge in [-0.25, -0.2) is 0 Å². The van der Waals surface area contributed by atoms with Crippen LogP contribution in [0.1, 0.15) is 26.3 Å². The summed E-state index contributed by atoms with van der Waals surface area (Å²) in [6.45, 7) is 2.51. The maximum Gasteiger partial charge on any atom is 0.257 e. The normalized spacial score (nSPS) is 13.9. The molecule has 0 aliphatic carbocycles. The molecular formula is C23H22N2O4. The van der Waals surface area contributed by atoms with Gasteiger partial charge in [-0.2, -0.15) is 0 Å². The lowest BCUT2D eigenvalue weighted by atomic mass is 10.1. The minimum Gasteiger partial charge on any atom is -0.489 e. The van der Waals surface area contributed by atoms with Gasteiger partial charge in [-0.3, -0.25) is 9.59 Å². The van der Waals surface area contributed by atoms with E-state index in [1.165, 1.54) is 12.5 Å². The van der Waals surface area contributed by atoms with Crippen molar-refractivity contribution in [3.63, 3.8) is 0 Å². The average molecular weight is 390 g/mol. The van der Waals surface area contributed by atoms with Crippen LogP contribution in [0.15, 0.2) is 77.6 Å². The molecule has 2 aromatic carbocycles. The van der Waals surface area contributed by atoms with Crippen LogP contribution in [-0.4, -0.2) is 47.8 Å². The van der Waals surface area contributed by atoms with Crippen LogP contribution in [0.4, 0.5) is 0 Å². The molecule has 4 rings (SSSR count). The standard InChI is InChI=1S/C23H22N2O4/c26-22(24-11-13-25(14-12-24)23(27)20-10-15-28-17-20)19-8-6-18(7-9-19)16-29-21-4-2-1-3-5-21/h1-10,15,17H,11-14,16H2. The van der Waals surface area contributed by atoms with Crippen LogP contribution in [0.2, 0.25) is 0 Å². The van der Waals surface area contributed by atoms with Crippen LogP contribution in [-0.2, 0) is 6.61 Å². The van der Waals surface area contributed by atoms with Crippen molar-refractivity contribution in [2.45, 2.75) is 6.61 Å². The Morgan fingerprint density at radius 2 is 1.41 bits per heavy atom. The smallest absolute Gasteiger partial charge is 0.257 e. The second-order valence-corrected chi connectivity index (χ2v) is 6.90.